The van der Waals surface area contributed by atoms with Crippen LogP contribution in [0.15, 0.2) is 10.6 Å². The normalized spacial score (nSPS) is 10.8. The summed E-state index contributed by atoms with van der Waals surface area (Å²) in [4.78, 5) is 13.6. The lowest BCUT2D eigenvalue weighted by atomic mass is 10.3. The van der Waals surface area contributed by atoms with Crippen molar-refractivity contribution in [3.63, 3.8) is 0 Å². The number of unbranched alkanes of at least 4 members (excludes halogenated alkanes) is 1. The Morgan fingerprint density at radius 2 is 2.38 bits per heavy atom. The first-order chi connectivity index (χ1) is 7.61. The lowest BCUT2D eigenvalue weighted by Crippen LogP contribution is -2.30. The third-order valence-corrected chi connectivity index (χ3v) is 2.20. The van der Waals surface area contributed by atoms with Crippen molar-refractivity contribution in [3.05, 3.63) is 11.8 Å². The minimum Gasteiger partial charge on any atom is -0.360 e. The Labute approximate surface area is 95.8 Å². The molecule has 0 atom stereocenters. The molecule has 0 fully saturated rings. The second kappa shape index (κ2) is 6.27. The zero-order valence-electron chi connectivity index (χ0n) is 10.1. The van der Waals surface area contributed by atoms with Crippen LogP contribution in [-0.2, 0) is 4.79 Å². The average Bonchev–Trinajstić information content (AvgIpc) is 2.60. The van der Waals surface area contributed by atoms with Gasteiger partial charge in [0.05, 0.1) is 6.54 Å². The summed E-state index contributed by atoms with van der Waals surface area (Å²) in [6.45, 7) is 5.23. The highest BCUT2D eigenvalue weighted by molar-refractivity contribution is 5.91. The van der Waals surface area contributed by atoms with E-state index >= 15 is 0 Å². The van der Waals surface area contributed by atoms with Crippen LogP contribution in [0.1, 0.15) is 25.5 Å². The molecule has 0 bridgehead atoms. The van der Waals surface area contributed by atoms with Crippen molar-refractivity contribution in [1.29, 1.82) is 0 Å². The number of carbonyl (C=O) groups excluding carboxylic acids is 1. The number of aromatic nitrogens is 1. The Kier molecular flexibility index (Phi) is 4.98. The molecule has 0 saturated carbocycles. The third-order valence-electron chi connectivity index (χ3n) is 2.20. The second-order valence-corrected chi connectivity index (χ2v) is 3.96. The van der Waals surface area contributed by atoms with Gasteiger partial charge in [-0.15, -0.1) is 0 Å². The monoisotopic (exact) mass is 225 g/mol. The van der Waals surface area contributed by atoms with Gasteiger partial charge in [-0.3, -0.25) is 9.69 Å². The Hall–Kier alpha value is -1.36. The van der Waals surface area contributed by atoms with Gasteiger partial charge in [0.15, 0.2) is 5.82 Å². The molecule has 1 aromatic heterocycles. The molecule has 5 nitrogen and oxygen atoms in total. The fourth-order valence-corrected chi connectivity index (χ4v) is 1.36. The topological polar surface area (TPSA) is 58.4 Å². The maximum absolute atomic E-state index is 11.6. The SMILES string of the molecule is CCCCN(C)CC(=O)Nc1cc(C)on1. The number of nitrogens with zero attached hydrogens (tertiary/aromatic N) is 2. The Morgan fingerprint density at radius 1 is 1.62 bits per heavy atom. The lowest BCUT2D eigenvalue weighted by Gasteiger charge is -2.14. The van der Waals surface area contributed by atoms with Crippen molar-refractivity contribution in [3.8, 4) is 0 Å². The summed E-state index contributed by atoms with van der Waals surface area (Å²) in [5.41, 5.74) is 0. The van der Waals surface area contributed by atoms with Crippen LogP contribution in [0.2, 0.25) is 0 Å². The first-order valence-corrected chi connectivity index (χ1v) is 5.53. The molecule has 1 N–H and O–H groups in total. The molecule has 1 heterocycles. The van der Waals surface area contributed by atoms with E-state index in [-0.39, 0.29) is 5.91 Å². The Morgan fingerprint density at radius 3 is 2.94 bits per heavy atom. The molecule has 16 heavy (non-hydrogen) atoms. The first-order valence-electron chi connectivity index (χ1n) is 5.53. The molecule has 0 saturated heterocycles. The molecular formula is C11H19N3O2. The second-order valence-electron chi connectivity index (χ2n) is 3.96. The zero-order chi connectivity index (χ0) is 12.0. The standard InChI is InChI=1S/C11H19N3O2/c1-4-5-6-14(3)8-11(15)12-10-7-9(2)16-13-10/h7H,4-6,8H2,1-3H3,(H,12,13,15). The van der Waals surface area contributed by atoms with E-state index in [1.54, 1.807) is 13.0 Å². The molecule has 0 aliphatic carbocycles. The van der Waals surface area contributed by atoms with Crippen LogP contribution in [0, 0.1) is 6.92 Å². The fourth-order valence-electron chi connectivity index (χ4n) is 1.36. The van der Waals surface area contributed by atoms with Crippen LogP contribution in [0.25, 0.3) is 0 Å². The molecule has 90 valence electrons. The average molecular weight is 225 g/mol. The van der Waals surface area contributed by atoms with Gasteiger partial charge in [-0.25, -0.2) is 0 Å². The van der Waals surface area contributed by atoms with E-state index in [1.165, 1.54) is 0 Å². The minimum absolute atomic E-state index is 0.0631. The fraction of sp³-hybridized carbons (Fsp3) is 0.636. The van der Waals surface area contributed by atoms with E-state index in [0.29, 0.717) is 18.1 Å². The van der Waals surface area contributed by atoms with Gasteiger partial charge in [0.1, 0.15) is 5.76 Å². The third kappa shape index (κ3) is 4.44. The van der Waals surface area contributed by atoms with Gasteiger partial charge in [0.25, 0.3) is 0 Å². The molecule has 0 spiro atoms. The van der Waals surface area contributed by atoms with E-state index in [1.807, 2.05) is 11.9 Å². The summed E-state index contributed by atoms with van der Waals surface area (Å²) >= 11 is 0. The summed E-state index contributed by atoms with van der Waals surface area (Å²) in [6.07, 6.45) is 2.24. The van der Waals surface area contributed by atoms with Crippen LogP contribution in [0.5, 0.6) is 0 Å². The van der Waals surface area contributed by atoms with Gasteiger partial charge < -0.3 is 9.84 Å². The van der Waals surface area contributed by atoms with Crippen molar-refractivity contribution >= 4 is 11.7 Å². The summed E-state index contributed by atoms with van der Waals surface area (Å²) in [5.74, 6) is 1.10. The predicted octanol–water partition coefficient (Wildman–Crippen LogP) is 1.65. The van der Waals surface area contributed by atoms with Crippen molar-refractivity contribution in [2.45, 2.75) is 26.7 Å². The quantitative estimate of drug-likeness (QED) is 0.799. The molecule has 1 amide bonds. The highest BCUT2D eigenvalue weighted by atomic mass is 16.5. The van der Waals surface area contributed by atoms with E-state index in [4.69, 9.17) is 4.52 Å². The molecule has 0 radical (unpaired) electrons. The molecule has 1 aromatic rings. The minimum atomic E-state index is -0.0631. The molecule has 0 aliphatic heterocycles. The zero-order valence-corrected chi connectivity index (χ0v) is 10.1. The molecule has 0 aromatic carbocycles. The number of rotatable bonds is 6. The number of aryl methyl sites for hydroxylation is 1. The van der Waals surface area contributed by atoms with Crippen molar-refractivity contribution in [1.82, 2.24) is 10.1 Å². The van der Waals surface area contributed by atoms with E-state index in [2.05, 4.69) is 17.4 Å². The van der Waals surface area contributed by atoms with Gasteiger partial charge in [-0.05, 0) is 26.9 Å². The smallest absolute Gasteiger partial charge is 0.239 e. The van der Waals surface area contributed by atoms with Crippen molar-refractivity contribution in [2.24, 2.45) is 0 Å². The maximum atomic E-state index is 11.6. The number of carbonyl (C=O) groups is 1. The summed E-state index contributed by atoms with van der Waals surface area (Å²) in [7, 11) is 1.93. The number of amides is 1. The highest BCUT2D eigenvalue weighted by Crippen LogP contribution is 2.06. The molecule has 1 rings (SSSR count). The Balaban J connectivity index is 2.30. The molecular weight excluding hydrogens is 206 g/mol. The van der Waals surface area contributed by atoms with Crippen molar-refractivity contribution in [2.75, 3.05) is 25.5 Å². The lowest BCUT2D eigenvalue weighted by molar-refractivity contribution is -0.117. The van der Waals surface area contributed by atoms with E-state index < -0.39 is 0 Å². The molecule has 0 unspecified atom stereocenters. The largest absolute Gasteiger partial charge is 0.360 e. The van der Waals surface area contributed by atoms with Crippen LogP contribution in [0.3, 0.4) is 0 Å². The first kappa shape index (κ1) is 12.7. The van der Waals surface area contributed by atoms with Gasteiger partial charge in [0.2, 0.25) is 5.91 Å². The predicted molar refractivity (Wildman–Crippen MR) is 62.3 cm³/mol. The number of hydrogen-bond donors (Lipinski definition) is 1. The number of anilines is 1. The molecule has 0 aliphatic rings. The van der Waals surface area contributed by atoms with Crippen LogP contribution >= 0.6 is 0 Å². The molecule has 5 heteroatoms. The number of nitrogens with one attached hydrogen (secondary N) is 1. The van der Waals surface area contributed by atoms with Gasteiger partial charge in [0, 0.05) is 6.07 Å². The van der Waals surface area contributed by atoms with Gasteiger partial charge in [-0.1, -0.05) is 18.5 Å². The summed E-state index contributed by atoms with van der Waals surface area (Å²) < 4.78 is 4.86. The van der Waals surface area contributed by atoms with Gasteiger partial charge >= 0.3 is 0 Å². The van der Waals surface area contributed by atoms with Crippen LogP contribution < -0.4 is 5.32 Å². The van der Waals surface area contributed by atoms with Crippen molar-refractivity contribution < 1.29 is 9.32 Å². The van der Waals surface area contributed by atoms with Crippen LogP contribution in [-0.4, -0.2) is 36.1 Å². The number of likely N-dealkylation sites (N-methyl/N-ethyl adjacent to an activating group) is 1. The maximum Gasteiger partial charge on any atom is 0.239 e. The van der Waals surface area contributed by atoms with E-state index in [0.717, 1.165) is 19.4 Å². The van der Waals surface area contributed by atoms with E-state index in [9.17, 15) is 4.79 Å². The van der Waals surface area contributed by atoms with Crippen LogP contribution in [0.4, 0.5) is 5.82 Å². The summed E-state index contributed by atoms with van der Waals surface area (Å²) in [6, 6.07) is 1.70. The van der Waals surface area contributed by atoms with Gasteiger partial charge in [-0.2, -0.15) is 0 Å². The number of hydrogen-bond acceptors (Lipinski definition) is 4. The summed E-state index contributed by atoms with van der Waals surface area (Å²) in [5, 5.41) is 6.38. The highest BCUT2D eigenvalue weighted by Gasteiger charge is 2.08. The Bertz CT molecular complexity index is 336.